The van der Waals surface area contributed by atoms with E-state index in [2.05, 4.69) is 36.1 Å². The second kappa shape index (κ2) is 7.78. The molecular weight excluding hydrogens is 368 g/mol. The summed E-state index contributed by atoms with van der Waals surface area (Å²) in [5.41, 5.74) is 10.1. The Bertz CT molecular complexity index is 980. The Kier molecular flexibility index (Phi) is 5.20. The average Bonchev–Trinajstić information content (AvgIpc) is 3.04. The Labute approximate surface area is 169 Å². The first kappa shape index (κ1) is 18.7. The van der Waals surface area contributed by atoms with Gasteiger partial charge < -0.3 is 10.5 Å². The van der Waals surface area contributed by atoms with E-state index in [9.17, 15) is 4.79 Å². The Morgan fingerprint density at radius 3 is 2.57 bits per heavy atom. The molecule has 4 nitrogen and oxygen atoms in total. The van der Waals surface area contributed by atoms with E-state index >= 15 is 0 Å². The molecule has 0 fully saturated rings. The zero-order valence-corrected chi connectivity index (χ0v) is 17.0. The molecule has 1 aliphatic rings. The van der Waals surface area contributed by atoms with E-state index in [1.54, 1.807) is 30.6 Å². The van der Waals surface area contributed by atoms with Gasteiger partial charge in [0.1, 0.15) is 5.75 Å². The SMILES string of the molecule is COc1ccc(C(=O)c2c(N)sc3c2C(C)CN(Cc2ccccc2)C3)cc1. The van der Waals surface area contributed by atoms with Crippen molar-refractivity contribution in [3.05, 3.63) is 81.7 Å². The highest BCUT2D eigenvalue weighted by Crippen LogP contribution is 2.41. The maximum atomic E-state index is 13.2. The molecule has 0 aliphatic carbocycles. The second-order valence-electron chi connectivity index (χ2n) is 7.29. The number of hydrogen-bond acceptors (Lipinski definition) is 5. The van der Waals surface area contributed by atoms with E-state index in [-0.39, 0.29) is 11.7 Å². The summed E-state index contributed by atoms with van der Waals surface area (Å²) < 4.78 is 5.19. The van der Waals surface area contributed by atoms with Gasteiger partial charge in [0.2, 0.25) is 0 Å². The van der Waals surface area contributed by atoms with Gasteiger partial charge in [-0.3, -0.25) is 9.69 Å². The number of ketones is 1. The molecule has 2 heterocycles. The number of thiophene rings is 1. The maximum Gasteiger partial charge on any atom is 0.196 e. The third-order valence-electron chi connectivity index (χ3n) is 5.27. The molecule has 28 heavy (non-hydrogen) atoms. The van der Waals surface area contributed by atoms with Crippen molar-refractivity contribution in [1.82, 2.24) is 4.90 Å². The van der Waals surface area contributed by atoms with E-state index < -0.39 is 0 Å². The van der Waals surface area contributed by atoms with Crippen molar-refractivity contribution in [2.24, 2.45) is 0 Å². The largest absolute Gasteiger partial charge is 0.497 e. The molecule has 2 N–H and O–H groups in total. The van der Waals surface area contributed by atoms with Crippen molar-refractivity contribution in [1.29, 1.82) is 0 Å². The number of nitrogen functional groups attached to an aromatic ring is 1. The van der Waals surface area contributed by atoms with Crippen LogP contribution in [-0.4, -0.2) is 24.3 Å². The third-order valence-corrected chi connectivity index (χ3v) is 6.29. The van der Waals surface area contributed by atoms with Gasteiger partial charge in [-0.25, -0.2) is 0 Å². The fraction of sp³-hybridized carbons (Fsp3) is 0.261. The standard InChI is InChI=1S/C23H24N2O2S/c1-15-12-25(13-16-6-4-3-5-7-16)14-19-20(15)21(23(24)28-19)22(26)17-8-10-18(27-2)11-9-17/h3-11,15H,12-14,24H2,1-2H3. The Morgan fingerprint density at radius 2 is 1.89 bits per heavy atom. The van der Waals surface area contributed by atoms with Crippen LogP contribution in [-0.2, 0) is 13.1 Å². The summed E-state index contributed by atoms with van der Waals surface area (Å²) in [7, 11) is 1.62. The number of carbonyl (C=O) groups is 1. The van der Waals surface area contributed by atoms with Crippen molar-refractivity contribution in [3.63, 3.8) is 0 Å². The zero-order valence-electron chi connectivity index (χ0n) is 16.1. The van der Waals surface area contributed by atoms with Gasteiger partial charge in [0.05, 0.1) is 17.7 Å². The van der Waals surface area contributed by atoms with Crippen LogP contribution in [0.3, 0.4) is 0 Å². The molecule has 3 aromatic rings. The number of nitrogens with zero attached hydrogens (tertiary/aromatic N) is 1. The molecule has 5 heteroatoms. The normalized spacial score (nSPS) is 16.6. The second-order valence-corrected chi connectivity index (χ2v) is 8.43. The number of benzene rings is 2. The van der Waals surface area contributed by atoms with Gasteiger partial charge in [-0.1, -0.05) is 37.3 Å². The molecule has 144 valence electrons. The van der Waals surface area contributed by atoms with Crippen molar-refractivity contribution in [2.75, 3.05) is 19.4 Å². The predicted molar refractivity (Wildman–Crippen MR) is 114 cm³/mol. The predicted octanol–water partition coefficient (Wildman–Crippen LogP) is 4.69. The summed E-state index contributed by atoms with van der Waals surface area (Å²) in [5, 5.41) is 0.624. The van der Waals surface area contributed by atoms with Gasteiger partial charge in [0.15, 0.2) is 5.78 Å². The first-order valence-electron chi connectivity index (χ1n) is 9.43. The molecule has 2 aromatic carbocycles. The minimum Gasteiger partial charge on any atom is -0.497 e. The molecule has 1 atom stereocenters. The number of carbonyl (C=O) groups excluding carboxylic acids is 1. The fourth-order valence-electron chi connectivity index (χ4n) is 3.98. The Hall–Kier alpha value is -2.63. The average molecular weight is 393 g/mol. The number of methoxy groups -OCH3 is 1. The molecule has 1 aromatic heterocycles. The monoisotopic (exact) mass is 392 g/mol. The minimum atomic E-state index is 0.000937. The molecule has 4 rings (SSSR count). The lowest BCUT2D eigenvalue weighted by Crippen LogP contribution is -2.32. The lowest BCUT2D eigenvalue weighted by Gasteiger charge is -2.31. The van der Waals surface area contributed by atoms with Crippen LogP contribution in [0.4, 0.5) is 5.00 Å². The Morgan fingerprint density at radius 1 is 1.18 bits per heavy atom. The van der Waals surface area contributed by atoms with Crippen molar-refractivity contribution in [3.8, 4) is 5.75 Å². The highest BCUT2D eigenvalue weighted by molar-refractivity contribution is 7.16. The van der Waals surface area contributed by atoms with Gasteiger partial charge in [-0.05, 0) is 41.3 Å². The number of hydrogen-bond donors (Lipinski definition) is 1. The van der Waals surface area contributed by atoms with Gasteiger partial charge in [-0.2, -0.15) is 0 Å². The maximum absolute atomic E-state index is 13.2. The van der Waals surface area contributed by atoms with Crippen molar-refractivity contribution in [2.45, 2.75) is 25.9 Å². The fourth-order valence-corrected chi connectivity index (χ4v) is 5.21. The summed E-state index contributed by atoms with van der Waals surface area (Å²) in [6, 6.07) is 17.7. The summed E-state index contributed by atoms with van der Waals surface area (Å²) in [5.74, 6) is 1.00. The first-order valence-corrected chi connectivity index (χ1v) is 10.2. The molecule has 0 radical (unpaired) electrons. The van der Waals surface area contributed by atoms with Crippen LogP contribution in [0.1, 0.15) is 44.8 Å². The van der Waals surface area contributed by atoms with E-state index in [0.717, 1.165) is 30.9 Å². The van der Waals surface area contributed by atoms with E-state index in [1.165, 1.54) is 10.4 Å². The van der Waals surface area contributed by atoms with Crippen LogP contribution in [0.15, 0.2) is 54.6 Å². The first-order chi connectivity index (χ1) is 13.6. The van der Waals surface area contributed by atoms with Crippen LogP contribution in [0.25, 0.3) is 0 Å². The smallest absolute Gasteiger partial charge is 0.196 e. The summed E-state index contributed by atoms with van der Waals surface area (Å²) in [4.78, 5) is 16.8. The zero-order chi connectivity index (χ0) is 19.7. The van der Waals surface area contributed by atoms with Crippen molar-refractivity contribution >= 4 is 22.1 Å². The van der Waals surface area contributed by atoms with Crippen LogP contribution >= 0.6 is 11.3 Å². The number of fused-ring (bicyclic) bond motifs is 1. The van der Waals surface area contributed by atoms with Crippen LogP contribution in [0.5, 0.6) is 5.75 Å². The highest BCUT2D eigenvalue weighted by Gasteiger charge is 2.31. The molecule has 0 bridgehead atoms. The van der Waals surface area contributed by atoms with Crippen LogP contribution < -0.4 is 10.5 Å². The quantitative estimate of drug-likeness (QED) is 0.640. The third kappa shape index (κ3) is 3.55. The Balaban J connectivity index is 1.61. The topological polar surface area (TPSA) is 55.6 Å². The molecular formula is C23H24N2O2S. The number of ether oxygens (including phenoxy) is 1. The van der Waals surface area contributed by atoms with E-state index in [1.807, 2.05) is 18.2 Å². The van der Waals surface area contributed by atoms with Crippen molar-refractivity contribution < 1.29 is 9.53 Å². The molecule has 0 spiro atoms. The molecule has 0 saturated carbocycles. The highest BCUT2D eigenvalue weighted by atomic mass is 32.1. The summed E-state index contributed by atoms with van der Waals surface area (Å²) in [6.07, 6.45) is 0. The lowest BCUT2D eigenvalue weighted by atomic mass is 9.89. The summed E-state index contributed by atoms with van der Waals surface area (Å²) in [6.45, 7) is 4.84. The van der Waals surface area contributed by atoms with Crippen LogP contribution in [0.2, 0.25) is 0 Å². The molecule has 0 saturated heterocycles. The van der Waals surface area contributed by atoms with Gasteiger partial charge in [0.25, 0.3) is 0 Å². The molecule has 0 amide bonds. The van der Waals surface area contributed by atoms with Crippen LogP contribution in [0, 0.1) is 0 Å². The minimum absolute atomic E-state index is 0.000937. The molecule has 1 unspecified atom stereocenters. The van der Waals surface area contributed by atoms with E-state index in [4.69, 9.17) is 10.5 Å². The number of nitrogens with two attached hydrogens (primary N) is 1. The van der Waals surface area contributed by atoms with Gasteiger partial charge in [-0.15, -0.1) is 11.3 Å². The summed E-state index contributed by atoms with van der Waals surface area (Å²) >= 11 is 1.56. The number of rotatable bonds is 5. The van der Waals surface area contributed by atoms with Gasteiger partial charge in [0, 0.05) is 30.1 Å². The number of anilines is 1. The van der Waals surface area contributed by atoms with E-state index in [0.29, 0.717) is 16.1 Å². The molecule has 1 aliphatic heterocycles. The lowest BCUT2D eigenvalue weighted by molar-refractivity contribution is 0.103. The van der Waals surface area contributed by atoms with Gasteiger partial charge >= 0.3 is 0 Å².